The lowest BCUT2D eigenvalue weighted by Crippen LogP contribution is -2.41. The Hall–Kier alpha value is -3.79. The van der Waals surface area contributed by atoms with Gasteiger partial charge in [-0.1, -0.05) is 6.07 Å². The van der Waals surface area contributed by atoms with Crippen LogP contribution in [0.5, 0.6) is 17.2 Å². The van der Waals surface area contributed by atoms with E-state index in [0.717, 1.165) is 22.0 Å². The molecule has 192 valence electrons. The van der Waals surface area contributed by atoms with Crippen molar-refractivity contribution in [3.8, 4) is 17.2 Å². The highest BCUT2D eigenvalue weighted by molar-refractivity contribution is 7.92. The predicted molar refractivity (Wildman–Crippen MR) is 135 cm³/mol. The van der Waals surface area contributed by atoms with Crippen molar-refractivity contribution in [3.05, 3.63) is 78.1 Å². The second kappa shape index (κ2) is 11.8. The van der Waals surface area contributed by atoms with E-state index in [0.29, 0.717) is 23.9 Å². The third-order valence-electron chi connectivity index (χ3n) is 5.41. The van der Waals surface area contributed by atoms with Crippen LogP contribution in [0, 0.1) is 5.82 Å². The molecule has 1 atom stereocenters. The standard InChI is InChI=1S/C26H29FN2O6S/c1-5-35-22-11-13-23(14-12-22)36(31,32)29(21-9-7-20(27)8-10-21)17-26(30)28-18(2)19-6-15-24(33-3)25(16-19)34-4/h6-16,18H,5,17H2,1-4H3,(H,28,30)/t18-/m1/s1. The quantitative estimate of drug-likeness (QED) is 0.408. The topological polar surface area (TPSA) is 94.2 Å². The zero-order valence-electron chi connectivity index (χ0n) is 20.5. The lowest BCUT2D eigenvalue weighted by atomic mass is 10.1. The van der Waals surface area contributed by atoms with Gasteiger partial charge in [0.2, 0.25) is 5.91 Å². The summed E-state index contributed by atoms with van der Waals surface area (Å²) in [6.45, 7) is 3.51. The van der Waals surface area contributed by atoms with Crippen molar-refractivity contribution < 1.29 is 31.8 Å². The number of amides is 1. The summed E-state index contributed by atoms with van der Waals surface area (Å²) < 4.78 is 57.5. The summed E-state index contributed by atoms with van der Waals surface area (Å²) in [7, 11) is -1.12. The lowest BCUT2D eigenvalue weighted by Gasteiger charge is -2.25. The van der Waals surface area contributed by atoms with Crippen LogP contribution in [0.15, 0.2) is 71.6 Å². The number of benzene rings is 3. The van der Waals surface area contributed by atoms with Gasteiger partial charge in [-0.15, -0.1) is 0 Å². The van der Waals surface area contributed by atoms with Gasteiger partial charge in [-0.3, -0.25) is 9.10 Å². The molecular formula is C26H29FN2O6S. The van der Waals surface area contributed by atoms with E-state index in [2.05, 4.69) is 5.32 Å². The van der Waals surface area contributed by atoms with Gasteiger partial charge >= 0.3 is 0 Å². The Morgan fingerprint density at radius 2 is 1.61 bits per heavy atom. The van der Waals surface area contributed by atoms with Gasteiger partial charge in [-0.2, -0.15) is 0 Å². The van der Waals surface area contributed by atoms with Gasteiger partial charge in [0.25, 0.3) is 10.0 Å². The van der Waals surface area contributed by atoms with Crippen molar-refractivity contribution in [2.45, 2.75) is 24.8 Å². The van der Waals surface area contributed by atoms with E-state index in [1.807, 2.05) is 6.92 Å². The largest absolute Gasteiger partial charge is 0.494 e. The van der Waals surface area contributed by atoms with E-state index in [4.69, 9.17) is 14.2 Å². The summed E-state index contributed by atoms with van der Waals surface area (Å²) in [4.78, 5) is 13.0. The second-order valence-electron chi connectivity index (χ2n) is 7.80. The zero-order valence-corrected chi connectivity index (χ0v) is 21.3. The molecule has 3 aromatic carbocycles. The Morgan fingerprint density at radius 1 is 0.972 bits per heavy atom. The number of nitrogens with zero attached hydrogens (tertiary/aromatic N) is 1. The number of anilines is 1. The molecule has 0 saturated heterocycles. The van der Waals surface area contributed by atoms with Crippen LogP contribution in [0.1, 0.15) is 25.5 Å². The molecule has 1 amide bonds. The monoisotopic (exact) mass is 516 g/mol. The molecule has 0 aliphatic carbocycles. The van der Waals surface area contributed by atoms with E-state index in [1.54, 1.807) is 37.3 Å². The molecule has 0 spiro atoms. The number of hydrogen-bond donors (Lipinski definition) is 1. The second-order valence-corrected chi connectivity index (χ2v) is 9.66. The highest BCUT2D eigenvalue weighted by Gasteiger charge is 2.28. The van der Waals surface area contributed by atoms with Crippen molar-refractivity contribution in [3.63, 3.8) is 0 Å². The van der Waals surface area contributed by atoms with Crippen LogP contribution in [-0.2, 0) is 14.8 Å². The number of ether oxygens (including phenoxy) is 3. The van der Waals surface area contributed by atoms with Crippen LogP contribution in [0.3, 0.4) is 0 Å². The summed E-state index contributed by atoms with van der Waals surface area (Å²) in [6.07, 6.45) is 0. The summed E-state index contributed by atoms with van der Waals surface area (Å²) in [6, 6.07) is 15.6. The van der Waals surface area contributed by atoms with Crippen molar-refractivity contribution in [2.75, 3.05) is 31.7 Å². The van der Waals surface area contributed by atoms with E-state index in [9.17, 15) is 17.6 Å². The van der Waals surface area contributed by atoms with Crippen LogP contribution < -0.4 is 23.8 Å². The summed E-state index contributed by atoms with van der Waals surface area (Å²) in [5.74, 6) is 0.497. The van der Waals surface area contributed by atoms with Crippen LogP contribution in [0.4, 0.5) is 10.1 Å². The minimum atomic E-state index is -4.16. The van der Waals surface area contributed by atoms with E-state index in [-0.39, 0.29) is 10.6 Å². The number of halogens is 1. The number of methoxy groups -OCH3 is 2. The number of rotatable bonds is 11. The fourth-order valence-corrected chi connectivity index (χ4v) is 4.97. The molecule has 10 heteroatoms. The number of sulfonamides is 1. The molecule has 0 aliphatic heterocycles. The maximum atomic E-state index is 13.5. The molecular weight excluding hydrogens is 487 g/mol. The minimum absolute atomic E-state index is 0.0315. The van der Waals surface area contributed by atoms with Gasteiger partial charge in [0.15, 0.2) is 11.5 Å². The molecule has 0 fully saturated rings. The van der Waals surface area contributed by atoms with Crippen LogP contribution in [0.25, 0.3) is 0 Å². The lowest BCUT2D eigenvalue weighted by molar-refractivity contribution is -0.120. The number of carbonyl (C=O) groups is 1. The molecule has 0 aliphatic rings. The van der Waals surface area contributed by atoms with Crippen LogP contribution in [-0.4, -0.2) is 41.7 Å². The average molecular weight is 517 g/mol. The van der Waals surface area contributed by atoms with Gasteiger partial charge in [0.1, 0.15) is 18.1 Å². The van der Waals surface area contributed by atoms with Gasteiger partial charge in [0.05, 0.1) is 37.5 Å². The number of nitrogens with one attached hydrogen (secondary N) is 1. The van der Waals surface area contributed by atoms with Crippen molar-refractivity contribution in [2.24, 2.45) is 0 Å². The first-order chi connectivity index (χ1) is 17.2. The maximum absolute atomic E-state index is 13.5. The first-order valence-electron chi connectivity index (χ1n) is 11.2. The molecule has 3 rings (SSSR count). The molecule has 0 aromatic heterocycles. The zero-order chi connectivity index (χ0) is 26.3. The van der Waals surface area contributed by atoms with Gasteiger partial charge < -0.3 is 19.5 Å². The first-order valence-corrected chi connectivity index (χ1v) is 12.7. The van der Waals surface area contributed by atoms with E-state index < -0.39 is 34.3 Å². The molecule has 0 radical (unpaired) electrons. The third kappa shape index (κ3) is 6.25. The van der Waals surface area contributed by atoms with Gasteiger partial charge in [-0.25, -0.2) is 12.8 Å². The first kappa shape index (κ1) is 26.8. The minimum Gasteiger partial charge on any atom is -0.494 e. The smallest absolute Gasteiger partial charge is 0.264 e. The Bertz CT molecular complexity index is 1280. The van der Waals surface area contributed by atoms with Gasteiger partial charge in [-0.05, 0) is 80.1 Å². The van der Waals surface area contributed by atoms with Crippen molar-refractivity contribution in [1.82, 2.24) is 5.32 Å². The SMILES string of the molecule is CCOc1ccc(S(=O)(=O)N(CC(=O)N[C@H](C)c2ccc(OC)c(OC)c2)c2ccc(F)cc2)cc1. The predicted octanol–water partition coefficient (Wildman–Crippen LogP) is 4.31. The molecule has 8 nitrogen and oxygen atoms in total. The molecule has 3 aromatic rings. The van der Waals surface area contributed by atoms with Crippen LogP contribution in [0.2, 0.25) is 0 Å². The molecule has 0 heterocycles. The molecule has 0 bridgehead atoms. The van der Waals surface area contributed by atoms with E-state index in [1.165, 1.54) is 38.5 Å². The normalized spacial score (nSPS) is 11.9. The fraction of sp³-hybridized carbons (Fsp3) is 0.269. The Balaban J connectivity index is 1.86. The summed E-state index contributed by atoms with van der Waals surface area (Å²) in [5, 5.41) is 2.81. The highest BCUT2D eigenvalue weighted by Crippen LogP contribution is 2.30. The highest BCUT2D eigenvalue weighted by atomic mass is 32.2. The Labute approximate surface area is 210 Å². The Morgan fingerprint density at radius 3 is 2.19 bits per heavy atom. The van der Waals surface area contributed by atoms with Gasteiger partial charge in [0, 0.05) is 0 Å². The fourth-order valence-electron chi connectivity index (χ4n) is 3.55. The molecule has 0 saturated carbocycles. The maximum Gasteiger partial charge on any atom is 0.264 e. The summed E-state index contributed by atoms with van der Waals surface area (Å²) in [5.41, 5.74) is 0.892. The van der Waals surface area contributed by atoms with Crippen LogP contribution >= 0.6 is 0 Å². The number of hydrogen-bond acceptors (Lipinski definition) is 6. The van der Waals surface area contributed by atoms with E-state index >= 15 is 0 Å². The van der Waals surface area contributed by atoms with Crippen molar-refractivity contribution in [1.29, 1.82) is 0 Å². The molecule has 36 heavy (non-hydrogen) atoms. The summed E-state index contributed by atoms with van der Waals surface area (Å²) >= 11 is 0. The number of carbonyl (C=O) groups excluding carboxylic acids is 1. The average Bonchev–Trinajstić information content (AvgIpc) is 2.88. The molecule has 0 unspecified atom stereocenters. The molecule has 1 N–H and O–H groups in total. The van der Waals surface area contributed by atoms with Crippen molar-refractivity contribution >= 4 is 21.6 Å². The Kier molecular flexibility index (Phi) is 8.76. The third-order valence-corrected chi connectivity index (χ3v) is 7.20.